The number of halogens is 1. The van der Waals surface area contributed by atoms with Gasteiger partial charge in [-0.2, -0.15) is 0 Å². The molecular formula is C17H13ClN2O3. The molecule has 0 bridgehead atoms. The Kier molecular flexibility index (Phi) is 4.12. The summed E-state index contributed by atoms with van der Waals surface area (Å²) in [6.45, 7) is 1.77. The molecule has 0 N–H and O–H groups in total. The number of aryl methyl sites for hydroxylation is 1. The summed E-state index contributed by atoms with van der Waals surface area (Å²) in [7, 11) is 0. The van der Waals surface area contributed by atoms with Crippen LogP contribution in [-0.2, 0) is 11.3 Å². The van der Waals surface area contributed by atoms with Crippen molar-refractivity contribution < 1.29 is 9.53 Å². The van der Waals surface area contributed by atoms with Crippen molar-refractivity contribution in [2.75, 3.05) is 0 Å². The minimum Gasteiger partial charge on any atom is -0.456 e. The van der Waals surface area contributed by atoms with Crippen LogP contribution in [0.1, 0.15) is 21.6 Å². The topological polar surface area (TPSA) is 60.7 Å². The summed E-state index contributed by atoms with van der Waals surface area (Å²) in [6.07, 6.45) is 1.50. The molecule has 23 heavy (non-hydrogen) atoms. The van der Waals surface area contributed by atoms with Crippen molar-refractivity contribution in [1.29, 1.82) is 0 Å². The van der Waals surface area contributed by atoms with Crippen LogP contribution in [0.3, 0.4) is 0 Å². The van der Waals surface area contributed by atoms with Gasteiger partial charge >= 0.3 is 5.97 Å². The van der Waals surface area contributed by atoms with Gasteiger partial charge in [0.2, 0.25) is 0 Å². The van der Waals surface area contributed by atoms with E-state index in [1.807, 2.05) is 19.1 Å². The number of aromatic nitrogens is 2. The first-order valence-corrected chi connectivity index (χ1v) is 7.33. The summed E-state index contributed by atoms with van der Waals surface area (Å²) >= 11 is 5.86. The summed E-state index contributed by atoms with van der Waals surface area (Å²) in [4.78, 5) is 28.4. The molecule has 0 fully saturated rings. The van der Waals surface area contributed by atoms with Crippen molar-refractivity contribution in [2.45, 2.75) is 13.5 Å². The lowest BCUT2D eigenvalue weighted by molar-refractivity contribution is 0.0467. The van der Waals surface area contributed by atoms with Crippen molar-refractivity contribution in [3.05, 3.63) is 80.9 Å². The van der Waals surface area contributed by atoms with Gasteiger partial charge in [-0.1, -0.05) is 29.8 Å². The molecule has 0 saturated heterocycles. The lowest BCUT2D eigenvalue weighted by Crippen LogP contribution is -2.16. The quantitative estimate of drug-likeness (QED) is 0.693. The number of ether oxygens (including phenoxy) is 1. The fraction of sp³-hybridized carbons (Fsp3) is 0.118. The Bertz CT molecular complexity index is 950. The van der Waals surface area contributed by atoms with E-state index < -0.39 is 5.97 Å². The van der Waals surface area contributed by atoms with E-state index in [1.54, 1.807) is 24.3 Å². The number of rotatable bonds is 3. The Balaban J connectivity index is 1.82. The third kappa shape index (κ3) is 3.24. The second-order valence-corrected chi connectivity index (χ2v) is 5.49. The molecule has 5 nitrogen and oxygen atoms in total. The van der Waals surface area contributed by atoms with Crippen molar-refractivity contribution in [3.63, 3.8) is 0 Å². The maximum Gasteiger partial charge on any atom is 0.338 e. The molecule has 2 heterocycles. The Hall–Kier alpha value is -2.66. The second kappa shape index (κ2) is 6.22. The van der Waals surface area contributed by atoms with Crippen molar-refractivity contribution in [1.82, 2.24) is 9.38 Å². The molecule has 0 amide bonds. The maximum absolute atomic E-state index is 12.1. The molecule has 6 heteroatoms. The number of benzene rings is 1. The van der Waals surface area contributed by atoms with Crippen LogP contribution in [0.15, 0.2) is 53.5 Å². The van der Waals surface area contributed by atoms with Gasteiger partial charge in [0.25, 0.3) is 5.56 Å². The number of hydrogen-bond donors (Lipinski definition) is 0. The molecule has 116 valence electrons. The van der Waals surface area contributed by atoms with Crippen LogP contribution in [0.25, 0.3) is 5.65 Å². The Morgan fingerprint density at radius 1 is 1.26 bits per heavy atom. The largest absolute Gasteiger partial charge is 0.456 e. The van der Waals surface area contributed by atoms with E-state index in [1.165, 1.54) is 16.7 Å². The van der Waals surface area contributed by atoms with Crippen LogP contribution >= 0.6 is 11.6 Å². The summed E-state index contributed by atoms with van der Waals surface area (Å²) in [5.74, 6) is -0.443. The molecule has 1 aromatic carbocycles. The minimum absolute atomic E-state index is 0.0679. The highest BCUT2D eigenvalue weighted by Gasteiger charge is 2.11. The second-order valence-electron chi connectivity index (χ2n) is 5.05. The zero-order valence-electron chi connectivity index (χ0n) is 12.3. The maximum atomic E-state index is 12.1. The average molecular weight is 329 g/mol. The van der Waals surface area contributed by atoms with Crippen molar-refractivity contribution in [2.24, 2.45) is 0 Å². The van der Waals surface area contributed by atoms with Crippen LogP contribution in [-0.4, -0.2) is 15.4 Å². The van der Waals surface area contributed by atoms with Gasteiger partial charge in [0.05, 0.1) is 16.3 Å². The fourth-order valence-corrected chi connectivity index (χ4v) is 2.38. The number of hydrogen-bond acceptors (Lipinski definition) is 4. The number of carbonyl (C=O) groups is 1. The monoisotopic (exact) mass is 328 g/mol. The van der Waals surface area contributed by atoms with E-state index in [2.05, 4.69) is 4.98 Å². The lowest BCUT2D eigenvalue weighted by Gasteiger charge is -2.07. The average Bonchev–Trinajstić information content (AvgIpc) is 2.54. The molecule has 0 spiro atoms. The van der Waals surface area contributed by atoms with Gasteiger partial charge in [0.15, 0.2) is 0 Å². The summed E-state index contributed by atoms with van der Waals surface area (Å²) < 4.78 is 6.59. The van der Waals surface area contributed by atoms with Crippen LogP contribution in [0.4, 0.5) is 0 Å². The molecular weight excluding hydrogens is 316 g/mol. The van der Waals surface area contributed by atoms with Crippen molar-refractivity contribution >= 4 is 23.2 Å². The number of fused-ring (bicyclic) bond motifs is 1. The van der Waals surface area contributed by atoms with Gasteiger partial charge < -0.3 is 4.74 Å². The zero-order valence-corrected chi connectivity index (χ0v) is 13.1. The molecule has 0 saturated carbocycles. The number of pyridine rings is 1. The molecule has 0 radical (unpaired) electrons. The first-order chi connectivity index (χ1) is 11.0. The highest BCUT2D eigenvalue weighted by atomic mass is 35.5. The highest BCUT2D eigenvalue weighted by Crippen LogP contribution is 2.11. The highest BCUT2D eigenvalue weighted by molar-refractivity contribution is 6.30. The Labute approximate surface area is 137 Å². The van der Waals surface area contributed by atoms with Crippen LogP contribution < -0.4 is 5.56 Å². The van der Waals surface area contributed by atoms with Crippen LogP contribution in [0, 0.1) is 6.92 Å². The van der Waals surface area contributed by atoms with Crippen molar-refractivity contribution in [3.8, 4) is 0 Å². The number of esters is 1. The minimum atomic E-state index is -0.443. The van der Waals surface area contributed by atoms with Gasteiger partial charge in [-0.15, -0.1) is 0 Å². The summed E-state index contributed by atoms with van der Waals surface area (Å²) in [5.41, 5.74) is 1.89. The SMILES string of the molecule is Cc1ccccc1C(=O)OCc1cc(=O)n2cc(Cl)ccc2n1. The van der Waals surface area contributed by atoms with Gasteiger partial charge in [-0.25, -0.2) is 9.78 Å². The predicted octanol–water partition coefficient (Wildman–Crippen LogP) is 3.01. The Morgan fingerprint density at radius 2 is 2.04 bits per heavy atom. The number of carbonyl (C=O) groups excluding carboxylic acids is 1. The van der Waals surface area contributed by atoms with E-state index in [-0.39, 0.29) is 12.2 Å². The number of nitrogens with zero attached hydrogens (tertiary/aromatic N) is 2. The van der Waals surface area contributed by atoms with Crippen LogP contribution in [0.2, 0.25) is 5.02 Å². The molecule has 2 aromatic heterocycles. The summed E-state index contributed by atoms with van der Waals surface area (Å²) in [5, 5.41) is 0.445. The van der Waals surface area contributed by atoms with Crippen LogP contribution in [0.5, 0.6) is 0 Å². The third-order valence-corrected chi connectivity index (χ3v) is 3.62. The van der Waals surface area contributed by atoms with E-state index in [4.69, 9.17) is 16.3 Å². The normalized spacial score (nSPS) is 10.7. The molecule has 3 aromatic rings. The van der Waals surface area contributed by atoms with E-state index in [0.717, 1.165) is 5.56 Å². The first kappa shape index (κ1) is 15.2. The zero-order chi connectivity index (χ0) is 16.4. The molecule has 0 aliphatic rings. The first-order valence-electron chi connectivity index (χ1n) is 6.95. The molecule has 0 aliphatic heterocycles. The molecule has 0 aliphatic carbocycles. The van der Waals surface area contributed by atoms with E-state index in [9.17, 15) is 9.59 Å². The van der Waals surface area contributed by atoms with E-state index >= 15 is 0 Å². The van der Waals surface area contributed by atoms with Gasteiger partial charge in [0.1, 0.15) is 12.3 Å². The standard InChI is InChI=1S/C17H13ClN2O3/c1-11-4-2-3-5-14(11)17(22)23-10-13-8-16(21)20-9-12(18)6-7-15(20)19-13/h2-9H,10H2,1H3. The van der Waals surface area contributed by atoms with Gasteiger partial charge in [-0.3, -0.25) is 9.20 Å². The predicted molar refractivity (Wildman–Crippen MR) is 86.8 cm³/mol. The van der Waals surface area contributed by atoms with E-state index in [0.29, 0.717) is 21.9 Å². The van der Waals surface area contributed by atoms with Gasteiger partial charge in [0, 0.05) is 12.3 Å². The van der Waals surface area contributed by atoms with Gasteiger partial charge in [-0.05, 0) is 30.7 Å². The summed E-state index contributed by atoms with van der Waals surface area (Å²) in [6, 6.07) is 11.8. The third-order valence-electron chi connectivity index (χ3n) is 3.39. The lowest BCUT2D eigenvalue weighted by atomic mass is 10.1. The molecule has 0 atom stereocenters. The molecule has 3 rings (SSSR count). The smallest absolute Gasteiger partial charge is 0.338 e. The fourth-order valence-electron chi connectivity index (χ4n) is 2.22. The molecule has 0 unspecified atom stereocenters. The Morgan fingerprint density at radius 3 is 2.83 bits per heavy atom.